The standard InChI is InChI=1S/C27H36O12/c1-34-17-7-13(8-18(35-2)23(17)31)20-15(10-38-27-25(33)22(30)16(29)11-39-27)14(9-28)5-12-6-19(36-3)24(32)26(37-4)21(12)20/h6-8,14-16,20,22,25,27-33H,5,9-11H2,1-4H3/t14-,15+,16+,20+,22+,25-,27-/m1/s1. The molecule has 2 aromatic carbocycles. The summed E-state index contributed by atoms with van der Waals surface area (Å²) in [6.07, 6.45) is -5.04. The fourth-order valence-electron chi connectivity index (χ4n) is 5.55. The highest BCUT2D eigenvalue weighted by Crippen LogP contribution is 2.54. The Bertz CT molecular complexity index is 1130. The molecule has 2 aliphatic rings. The zero-order valence-electron chi connectivity index (χ0n) is 22.2. The first-order valence-electron chi connectivity index (χ1n) is 12.5. The third-order valence-electron chi connectivity index (χ3n) is 7.60. The molecule has 0 radical (unpaired) electrons. The molecule has 1 aliphatic heterocycles. The maximum absolute atomic E-state index is 11.0. The van der Waals surface area contributed by atoms with Crippen LogP contribution in [0.5, 0.6) is 34.5 Å². The minimum absolute atomic E-state index is 0.0542. The van der Waals surface area contributed by atoms with E-state index < -0.39 is 36.4 Å². The van der Waals surface area contributed by atoms with E-state index in [9.17, 15) is 30.6 Å². The smallest absolute Gasteiger partial charge is 0.201 e. The molecule has 1 saturated heterocycles. The lowest BCUT2D eigenvalue weighted by atomic mass is 9.66. The molecule has 216 valence electrons. The van der Waals surface area contributed by atoms with Crippen LogP contribution in [0.3, 0.4) is 0 Å². The molecule has 0 bridgehead atoms. The Balaban J connectivity index is 1.86. The topological polar surface area (TPSA) is 177 Å². The first-order valence-corrected chi connectivity index (χ1v) is 12.5. The molecule has 0 aromatic heterocycles. The molecule has 0 spiro atoms. The van der Waals surface area contributed by atoms with Gasteiger partial charge in [0.25, 0.3) is 0 Å². The summed E-state index contributed by atoms with van der Waals surface area (Å²) in [5.41, 5.74) is 1.99. The normalized spacial score (nSPS) is 28.5. The predicted molar refractivity (Wildman–Crippen MR) is 136 cm³/mol. The summed E-state index contributed by atoms with van der Waals surface area (Å²) in [5.74, 6) is -1.16. The molecular formula is C27H36O12. The van der Waals surface area contributed by atoms with Crippen molar-refractivity contribution >= 4 is 0 Å². The van der Waals surface area contributed by atoms with Crippen LogP contribution in [0.1, 0.15) is 22.6 Å². The van der Waals surface area contributed by atoms with Gasteiger partial charge in [0.2, 0.25) is 11.5 Å². The number of aliphatic hydroxyl groups is 4. The molecule has 2 aromatic rings. The Kier molecular flexibility index (Phi) is 8.94. The van der Waals surface area contributed by atoms with Gasteiger partial charge in [-0.15, -0.1) is 0 Å². The minimum Gasteiger partial charge on any atom is -0.502 e. The van der Waals surface area contributed by atoms with Gasteiger partial charge in [0, 0.05) is 18.1 Å². The summed E-state index contributed by atoms with van der Waals surface area (Å²) in [6, 6.07) is 4.96. The number of phenolic OH excluding ortho intramolecular Hbond substituents is 2. The molecule has 0 amide bonds. The molecule has 12 nitrogen and oxygen atoms in total. The van der Waals surface area contributed by atoms with Gasteiger partial charge >= 0.3 is 0 Å². The van der Waals surface area contributed by atoms with Gasteiger partial charge in [0.15, 0.2) is 29.3 Å². The van der Waals surface area contributed by atoms with E-state index in [4.69, 9.17) is 28.4 Å². The number of hydrogen-bond donors (Lipinski definition) is 6. The lowest BCUT2D eigenvalue weighted by molar-refractivity contribution is -0.274. The van der Waals surface area contributed by atoms with Crippen LogP contribution in [-0.2, 0) is 15.9 Å². The number of rotatable bonds is 9. The molecular weight excluding hydrogens is 516 g/mol. The third kappa shape index (κ3) is 5.28. The van der Waals surface area contributed by atoms with E-state index in [1.165, 1.54) is 28.4 Å². The van der Waals surface area contributed by atoms with E-state index in [1.54, 1.807) is 18.2 Å². The zero-order chi connectivity index (χ0) is 28.4. The van der Waals surface area contributed by atoms with Gasteiger partial charge in [-0.05, 0) is 47.6 Å². The highest BCUT2D eigenvalue weighted by molar-refractivity contribution is 5.64. The molecule has 4 rings (SSSR count). The monoisotopic (exact) mass is 552 g/mol. The molecule has 39 heavy (non-hydrogen) atoms. The van der Waals surface area contributed by atoms with Crippen LogP contribution in [0.2, 0.25) is 0 Å². The molecule has 1 aliphatic carbocycles. The predicted octanol–water partition coefficient (Wildman–Crippen LogP) is 0.500. The Morgan fingerprint density at radius 2 is 1.46 bits per heavy atom. The quantitative estimate of drug-likeness (QED) is 0.254. The summed E-state index contributed by atoms with van der Waals surface area (Å²) in [6.45, 7) is -0.504. The van der Waals surface area contributed by atoms with Crippen LogP contribution < -0.4 is 18.9 Å². The maximum Gasteiger partial charge on any atom is 0.201 e. The SMILES string of the molecule is COc1cc([C@@H]2c3c(cc(OC)c(O)c3OC)C[C@H](CO)[C@@H]2CO[C@@H]2OC[C@H](O)[C@H](O)[C@H]2O)cc(OC)c1O. The first kappa shape index (κ1) is 29.0. The molecule has 6 N–H and O–H groups in total. The Morgan fingerprint density at radius 3 is 2.03 bits per heavy atom. The second-order valence-corrected chi connectivity index (χ2v) is 9.68. The average molecular weight is 553 g/mol. The summed E-state index contributed by atoms with van der Waals surface area (Å²) in [7, 11) is 5.66. The largest absolute Gasteiger partial charge is 0.502 e. The summed E-state index contributed by atoms with van der Waals surface area (Å²) >= 11 is 0. The van der Waals surface area contributed by atoms with Crippen molar-refractivity contribution in [2.75, 3.05) is 48.3 Å². The van der Waals surface area contributed by atoms with Gasteiger partial charge in [-0.2, -0.15) is 0 Å². The van der Waals surface area contributed by atoms with E-state index in [2.05, 4.69) is 0 Å². The highest BCUT2D eigenvalue weighted by Gasteiger charge is 2.44. The van der Waals surface area contributed by atoms with Crippen molar-refractivity contribution in [3.05, 3.63) is 34.9 Å². The number of hydrogen-bond acceptors (Lipinski definition) is 12. The highest BCUT2D eigenvalue weighted by atomic mass is 16.7. The fraction of sp³-hybridized carbons (Fsp3) is 0.556. The van der Waals surface area contributed by atoms with E-state index in [0.29, 0.717) is 17.5 Å². The van der Waals surface area contributed by atoms with Crippen LogP contribution in [0.25, 0.3) is 0 Å². The fourth-order valence-corrected chi connectivity index (χ4v) is 5.55. The van der Waals surface area contributed by atoms with Gasteiger partial charge in [0.1, 0.15) is 18.3 Å². The van der Waals surface area contributed by atoms with Crippen molar-refractivity contribution in [3.8, 4) is 34.5 Å². The number of fused-ring (bicyclic) bond motifs is 1. The van der Waals surface area contributed by atoms with Gasteiger partial charge < -0.3 is 59.1 Å². The number of methoxy groups -OCH3 is 4. The molecule has 1 heterocycles. The lowest BCUT2D eigenvalue weighted by Crippen LogP contribution is -2.54. The zero-order valence-corrected chi connectivity index (χ0v) is 22.2. The minimum atomic E-state index is -1.49. The second-order valence-electron chi connectivity index (χ2n) is 9.68. The first-order chi connectivity index (χ1) is 18.7. The molecule has 0 saturated carbocycles. The summed E-state index contributed by atoms with van der Waals surface area (Å²) in [5, 5.41) is 62.3. The number of ether oxygens (including phenoxy) is 6. The van der Waals surface area contributed by atoms with Crippen molar-refractivity contribution in [3.63, 3.8) is 0 Å². The van der Waals surface area contributed by atoms with Crippen LogP contribution in [0.15, 0.2) is 18.2 Å². The number of aromatic hydroxyl groups is 2. The van der Waals surface area contributed by atoms with Gasteiger partial charge in [-0.3, -0.25) is 0 Å². The van der Waals surface area contributed by atoms with E-state index in [-0.39, 0.29) is 60.2 Å². The Labute approximate surface area is 225 Å². The number of benzene rings is 2. The van der Waals surface area contributed by atoms with Crippen molar-refractivity contribution in [1.82, 2.24) is 0 Å². The van der Waals surface area contributed by atoms with Crippen LogP contribution >= 0.6 is 0 Å². The van der Waals surface area contributed by atoms with Crippen LogP contribution in [0, 0.1) is 11.8 Å². The van der Waals surface area contributed by atoms with Crippen molar-refractivity contribution in [1.29, 1.82) is 0 Å². The molecule has 12 heteroatoms. The molecule has 7 atom stereocenters. The van der Waals surface area contributed by atoms with E-state index in [0.717, 1.165) is 5.56 Å². The van der Waals surface area contributed by atoms with E-state index in [1.807, 2.05) is 0 Å². The van der Waals surface area contributed by atoms with E-state index >= 15 is 0 Å². The van der Waals surface area contributed by atoms with Gasteiger partial charge in [0.05, 0.1) is 41.7 Å². The number of phenols is 2. The Morgan fingerprint density at radius 1 is 0.846 bits per heavy atom. The summed E-state index contributed by atoms with van der Waals surface area (Å²) in [4.78, 5) is 0. The van der Waals surface area contributed by atoms with Gasteiger partial charge in [-0.1, -0.05) is 0 Å². The summed E-state index contributed by atoms with van der Waals surface area (Å²) < 4.78 is 33.2. The van der Waals surface area contributed by atoms with Crippen LogP contribution in [-0.4, -0.2) is 104 Å². The van der Waals surface area contributed by atoms with Crippen molar-refractivity contribution < 1.29 is 59.1 Å². The van der Waals surface area contributed by atoms with Crippen molar-refractivity contribution in [2.45, 2.75) is 36.9 Å². The third-order valence-corrected chi connectivity index (χ3v) is 7.60. The number of aliphatic hydroxyl groups excluding tert-OH is 4. The Hall–Kier alpha value is -3.00. The lowest BCUT2D eigenvalue weighted by Gasteiger charge is -2.42. The van der Waals surface area contributed by atoms with Crippen molar-refractivity contribution in [2.24, 2.45) is 11.8 Å². The molecule has 1 fully saturated rings. The van der Waals surface area contributed by atoms with Crippen LogP contribution in [0.4, 0.5) is 0 Å². The van der Waals surface area contributed by atoms with Gasteiger partial charge in [-0.25, -0.2) is 0 Å². The molecule has 0 unspecified atom stereocenters. The second kappa shape index (κ2) is 12.0. The average Bonchev–Trinajstić information content (AvgIpc) is 2.94. The maximum atomic E-state index is 11.0.